The zero-order chi connectivity index (χ0) is 12.5. The van der Waals surface area contributed by atoms with Gasteiger partial charge in [-0.05, 0) is 13.8 Å². The van der Waals surface area contributed by atoms with Gasteiger partial charge < -0.3 is 15.3 Å². The van der Waals surface area contributed by atoms with Crippen molar-refractivity contribution < 1.29 is 20.1 Å². The molecule has 0 bridgehead atoms. The third-order valence-electron chi connectivity index (χ3n) is 2.14. The number of carboxylic acids is 1. The highest BCUT2D eigenvalue weighted by atomic mass is 16.5. The van der Waals surface area contributed by atoms with Crippen LogP contribution in [-0.2, 0) is 11.3 Å². The van der Waals surface area contributed by atoms with E-state index in [1.54, 1.807) is 0 Å². The number of aromatic nitrogens is 2. The molecule has 0 amide bonds. The van der Waals surface area contributed by atoms with Crippen LogP contribution in [0.1, 0.15) is 23.4 Å². The number of hydrogen-bond donors (Lipinski definition) is 3. The number of carboxylic acid groups (broad SMARTS) is 1. The van der Waals surface area contributed by atoms with Crippen molar-refractivity contribution >= 4 is 5.97 Å². The topological polar surface area (TPSA) is 113 Å². The zero-order valence-electron chi connectivity index (χ0n) is 8.84. The Morgan fingerprint density at radius 1 is 1.44 bits per heavy atom. The van der Waals surface area contributed by atoms with Crippen LogP contribution < -0.4 is 5.56 Å². The Hall–Kier alpha value is -1.73. The van der Waals surface area contributed by atoms with Crippen LogP contribution in [0.2, 0.25) is 0 Å². The number of nitrogens with zero attached hydrogens (tertiary/aromatic N) is 2. The van der Waals surface area contributed by atoms with Gasteiger partial charge in [0.1, 0.15) is 12.4 Å². The molecule has 16 heavy (non-hydrogen) atoms. The molecule has 7 heteroatoms. The normalized spacial score (nSPS) is 10.8. The summed E-state index contributed by atoms with van der Waals surface area (Å²) >= 11 is 0. The second-order valence-corrected chi connectivity index (χ2v) is 3.32. The highest BCUT2D eigenvalue weighted by Crippen LogP contribution is 2.08. The fourth-order valence-corrected chi connectivity index (χ4v) is 1.43. The maximum Gasteiger partial charge on any atom is 0.323 e. The van der Waals surface area contributed by atoms with Crippen molar-refractivity contribution in [3.8, 4) is 0 Å². The summed E-state index contributed by atoms with van der Waals surface area (Å²) in [5.74, 6) is -0.983. The van der Waals surface area contributed by atoms with Crippen LogP contribution in [0.25, 0.3) is 0 Å². The van der Waals surface area contributed by atoms with Crippen molar-refractivity contribution in [2.24, 2.45) is 0 Å². The molecule has 1 aromatic heterocycles. The lowest BCUT2D eigenvalue weighted by Gasteiger charge is -2.12. The molecule has 0 aliphatic carbocycles. The Kier molecular flexibility index (Phi) is 3.41. The van der Waals surface area contributed by atoms with Gasteiger partial charge in [-0.1, -0.05) is 0 Å². The van der Waals surface area contributed by atoms with Crippen molar-refractivity contribution in [2.75, 3.05) is 0 Å². The second-order valence-electron chi connectivity index (χ2n) is 3.32. The fraction of sp³-hybridized carbons (Fsp3) is 0.444. The van der Waals surface area contributed by atoms with E-state index in [1.165, 1.54) is 13.8 Å². The van der Waals surface area contributed by atoms with Gasteiger partial charge in [0.2, 0.25) is 0 Å². The Balaban J connectivity index is 3.45. The van der Waals surface area contributed by atoms with E-state index in [0.29, 0.717) is 0 Å². The molecule has 0 spiro atoms. The van der Waals surface area contributed by atoms with E-state index in [1.807, 2.05) is 0 Å². The molecular formula is C9H12N2O5. The molecule has 1 aromatic rings. The molecule has 1 heterocycles. The van der Waals surface area contributed by atoms with E-state index in [0.717, 1.165) is 4.57 Å². The Bertz CT molecular complexity index is 478. The minimum atomic E-state index is -1.96. The molecule has 88 valence electrons. The molecule has 0 aromatic carbocycles. The number of carbonyl (C=O) groups is 1. The van der Waals surface area contributed by atoms with E-state index in [-0.39, 0.29) is 17.1 Å². The van der Waals surface area contributed by atoms with Crippen LogP contribution in [0.3, 0.4) is 0 Å². The summed E-state index contributed by atoms with van der Waals surface area (Å²) in [5, 5.41) is 26.6. The van der Waals surface area contributed by atoms with Crippen molar-refractivity contribution in [3.05, 3.63) is 27.4 Å². The number of rotatable bonds is 3. The Morgan fingerprint density at radius 2 is 2.00 bits per heavy atom. The van der Waals surface area contributed by atoms with E-state index < -0.39 is 24.4 Å². The first-order valence-corrected chi connectivity index (χ1v) is 4.50. The summed E-state index contributed by atoms with van der Waals surface area (Å²) in [6.07, 6.45) is -1.96. The quantitative estimate of drug-likeness (QED) is 0.568. The summed E-state index contributed by atoms with van der Waals surface area (Å²) in [6, 6.07) is 0. The van der Waals surface area contributed by atoms with Crippen molar-refractivity contribution in [1.82, 2.24) is 9.55 Å². The van der Waals surface area contributed by atoms with Gasteiger partial charge in [-0.15, -0.1) is 0 Å². The van der Waals surface area contributed by atoms with Gasteiger partial charge in [-0.2, -0.15) is 0 Å². The smallest absolute Gasteiger partial charge is 0.323 e. The predicted octanol–water partition coefficient (Wildman–Crippen LogP) is -1.07. The lowest BCUT2D eigenvalue weighted by molar-refractivity contribution is -0.137. The van der Waals surface area contributed by atoms with Crippen LogP contribution >= 0.6 is 0 Å². The molecule has 1 rings (SSSR count). The molecule has 0 unspecified atom stereocenters. The predicted molar refractivity (Wildman–Crippen MR) is 52.8 cm³/mol. The van der Waals surface area contributed by atoms with E-state index in [4.69, 9.17) is 15.3 Å². The highest BCUT2D eigenvalue weighted by molar-refractivity contribution is 5.66. The van der Waals surface area contributed by atoms with Crippen molar-refractivity contribution in [3.63, 3.8) is 0 Å². The number of hydrogen-bond acceptors (Lipinski definition) is 5. The van der Waals surface area contributed by atoms with Gasteiger partial charge in [0, 0.05) is 0 Å². The van der Waals surface area contributed by atoms with E-state index in [2.05, 4.69) is 4.98 Å². The third kappa shape index (κ3) is 2.26. The zero-order valence-corrected chi connectivity index (χ0v) is 8.84. The van der Waals surface area contributed by atoms with Gasteiger partial charge in [0.25, 0.3) is 5.56 Å². The first kappa shape index (κ1) is 12.3. The standard InChI is InChI=1S/C9H12N2O5/c1-4-7(9(15)16)8(14)11(3-6(12)13)5(2)10-4/h9,15-16H,3H2,1-2H3,(H,12,13). The number of aliphatic carboxylic acids is 1. The summed E-state index contributed by atoms with van der Waals surface area (Å²) in [6.45, 7) is 2.37. The average molecular weight is 228 g/mol. The molecule has 0 saturated carbocycles. The van der Waals surface area contributed by atoms with Gasteiger partial charge in [0.15, 0.2) is 6.29 Å². The molecule has 0 radical (unpaired) electrons. The number of aryl methyl sites for hydroxylation is 2. The molecular weight excluding hydrogens is 216 g/mol. The highest BCUT2D eigenvalue weighted by Gasteiger charge is 2.18. The van der Waals surface area contributed by atoms with Crippen LogP contribution in [-0.4, -0.2) is 30.8 Å². The maximum atomic E-state index is 11.7. The largest absolute Gasteiger partial charge is 0.480 e. The SMILES string of the molecule is Cc1nc(C)n(CC(=O)O)c(=O)c1C(O)O. The van der Waals surface area contributed by atoms with E-state index in [9.17, 15) is 9.59 Å². The van der Waals surface area contributed by atoms with E-state index >= 15 is 0 Å². The molecule has 7 nitrogen and oxygen atoms in total. The summed E-state index contributed by atoms with van der Waals surface area (Å²) in [5.41, 5.74) is -0.867. The second kappa shape index (κ2) is 4.42. The van der Waals surface area contributed by atoms with Gasteiger partial charge >= 0.3 is 5.97 Å². The van der Waals surface area contributed by atoms with Gasteiger partial charge in [-0.3, -0.25) is 14.2 Å². The first-order valence-electron chi connectivity index (χ1n) is 4.50. The first-order chi connectivity index (χ1) is 7.34. The van der Waals surface area contributed by atoms with Gasteiger partial charge in [0.05, 0.1) is 11.3 Å². The lowest BCUT2D eigenvalue weighted by atomic mass is 10.2. The molecule has 3 N–H and O–H groups in total. The van der Waals surface area contributed by atoms with Crippen LogP contribution in [0.5, 0.6) is 0 Å². The molecule has 0 fully saturated rings. The number of aliphatic hydroxyl groups excluding tert-OH is 1. The monoisotopic (exact) mass is 228 g/mol. The Morgan fingerprint density at radius 3 is 2.44 bits per heavy atom. The summed E-state index contributed by atoms with van der Waals surface area (Å²) in [7, 11) is 0. The van der Waals surface area contributed by atoms with Crippen molar-refractivity contribution in [1.29, 1.82) is 0 Å². The Labute approximate surface area is 90.6 Å². The maximum absolute atomic E-state index is 11.7. The molecule has 0 aliphatic heterocycles. The fourth-order valence-electron chi connectivity index (χ4n) is 1.43. The number of aliphatic hydroxyl groups is 2. The lowest BCUT2D eigenvalue weighted by Crippen LogP contribution is -2.32. The third-order valence-corrected chi connectivity index (χ3v) is 2.14. The van der Waals surface area contributed by atoms with Crippen LogP contribution in [0.15, 0.2) is 4.79 Å². The van der Waals surface area contributed by atoms with Gasteiger partial charge in [-0.25, -0.2) is 4.98 Å². The molecule has 0 saturated heterocycles. The average Bonchev–Trinajstić information content (AvgIpc) is 2.10. The summed E-state index contributed by atoms with van der Waals surface area (Å²) in [4.78, 5) is 26.1. The minimum Gasteiger partial charge on any atom is -0.480 e. The van der Waals surface area contributed by atoms with Crippen LogP contribution in [0.4, 0.5) is 0 Å². The van der Waals surface area contributed by atoms with Crippen molar-refractivity contribution in [2.45, 2.75) is 26.7 Å². The molecule has 0 aliphatic rings. The minimum absolute atomic E-state index is 0.180. The van der Waals surface area contributed by atoms with Crippen LogP contribution in [0, 0.1) is 13.8 Å². The summed E-state index contributed by atoms with van der Waals surface area (Å²) < 4.78 is 0.879. The molecule has 0 atom stereocenters.